The molecule has 1 aromatic heterocycles. The third-order valence-electron chi connectivity index (χ3n) is 3.47. The zero-order chi connectivity index (χ0) is 13.0. The third-order valence-corrected chi connectivity index (χ3v) is 3.47. The smallest absolute Gasteiger partial charge is 0.224 e. The van der Waals surface area contributed by atoms with E-state index in [4.69, 9.17) is 5.73 Å². The molecule has 5 heteroatoms. The molecule has 0 radical (unpaired) electrons. The van der Waals surface area contributed by atoms with Gasteiger partial charge in [0.05, 0.1) is 0 Å². The van der Waals surface area contributed by atoms with Crippen molar-refractivity contribution in [2.24, 2.45) is 11.7 Å². The van der Waals surface area contributed by atoms with Gasteiger partial charge in [0.15, 0.2) is 0 Å². The van der Waals surface area contributed by atoms with Crippen LogP contribution in [0.3, 0.4) is 0 Å². The Kier molecular flexibility index (Phi) is 4.36. The van der Waals surface area contributed by atoms with E-state index >= 15 is 0 Å². The summed E-state index contributed by atoms with van der Waals surface area (Å²) in [6.45, 7) is 4.56. The van der Waals surface area contributed by atoms with Crippen LogP contribution >= 0.6 is 0 Å². The third kappa shape index (κ3) is 3.57. The monoisotopic (exact) mass is 250 g/mol. The first-order valence-electron chi connectivity index (χ1n) is 6.66. The summed E-state index contributed by atoms with van der Waals surface area (Å²) in [7, 11) is 0. The predicted molar refractivity (Wildman–Crippen MR) is 69.8 cm³/mol. The number of piperidine rings is 1. The Morgan fingerprint density at radius 2 is 2.22 bits per heavy atom. The van der Waals surface area contributed by atoms with E-state index in [1.165, 1.54) is 0 Å². The lowest BCUT2D eigenvalue weighted by molar-refractivity contribution is -0.132. The Morgan fingerprint density at radius 1 is 1.50 bits per heavy atom. The lowest BCUT2D eigenvalue weighted by Gasteiger charge is -2.32. The maximum atomic E-state index is 11.9. The molecule has 5 nitrogen and oxygen atoms in total. The number of aromatic nitrogens is 2. The molecule has 1 unspecified atom stereocenters. The molecule has 1 aliphatic heterocycles. The fourth-order valence-electron chi connectivity index (χ4n) is 2.44. The number of nitrogens with two attached hydrogens (primary N) is 1. The van der Waals surface area contributed by atoms with Crippen LogP contribution in [-0.2, 0) is 11.3 Å². The Morgan fingerprint density at radius 3 is 2.78 bits per heavy atom. The van der Waals surface area contributed by atoms with Crippen LogP contribution in [0.2, 0.25) is 0 Å². The summed E-state index contributed by atoms with van der Waals surface area (Å²) in [5.41, 5.74) is 5.66. The van der Waals surface area contributed by atoms with Crippen LogP contribution in [0.4, 0.5) is 0 Å². The molecule has 2 heterocycles. The second kappa shape index (κ2) is 6.00. The van der Waals surface area contributed by atoms with E-state index < -0.39 is 0 Å². The van der Waals surface area contributed by atoms with Gasteiger partial charge in [0, 0.05) is 44.5 Å². The van der Waals surface area contributed by atoms with Crippen molar-refractivity contribution in [1.29, 1.82) is 0 Å². The van der Waals surface area contributed by atoms with Crippen LogP contribution in [0.25, 0.3) is 0 Å². The molecular formula is C13H22N4O. The summed E-state index contributed by atoms with van der Waals surface area (Å²) >= 11 is 0. The van der Waals surface area contributed by atoms with Gasteiger partial charge in [-0.1, -0.05) is 0 Å². The Balaban J connectivity index is 1.76. The molecule has 1 atom stereocenters. The van der Waals surface area contributed by atoms with E-state index in [0.29, 0.717) is 12.3 Å². The molecule has 1 fully saturated rings. The molecule has 1 saturated heterocycles. The summed E-state index contributed by atoms with van der Waals surface area (Å²) in [6.07, 6.45) is 6.38. The molecule has 18 heavy (non-hydrogen) atoms. The van der Waals surface area contributed by atoms with Gasteiger partial charge in [-0.25, -0.2) is 0 Å². The summed E-state index contributed by atoms with van der Waals surface area (Å²) in [4.78, 5) is 13.8. The van der Waals surface area contributed by atoms with Gasteiger partial charge in [-0.2, -0.15) is 5.10 Å². The highest BCUT2D eigenvalue weighted by Gasteiger charge is 2.23. The van der Waals surface area contributed by atoms with Crippen molar-refractivity contribution in [2.45, 2.75) is 38.8 Å². The maximum Gasteiger partial charge on any atom is 0.224 e. The van der Waals surface area contributed by atoms with Crippen LogP contribution < -0.4 is 5.73 Å². The molecular weight excluding hydrogens is 228 g/mol. The zero-order valence-corrected chi connectivity index (χ0v) is 11.0. The van der Waals surface area contributed by atoms with Gasteiger partial charge in [-0.3, -0.25) is 9.48 Å². The predicted octanol–water partition coefficient (Wildman–Crippen LogP) is 0.859. The number of carbonyl (C=O) groups excluding carboxylic acids is 1. The maximum absolute atomic E-state index is 11.9. The number of nitrogens with zero attached hydrogens (tertiary/aromatic N) is 3. The highest BCUT2D eigenvalue weighted by Crippen LogP contribution is 2.19. The van der Waals surface area contributed by atoms with Crippen molar-refractivity contribution < 1.29 is 4.79 Å². The Hall–Kier alpha value is -1.36. The van der Waals surface area contributed by atoms with Crippen molar-refractivity contribution in [3.63, 3.8) is 0 Å². The first-order chi connectivity index (χ1) is 8.65. The number of carbonyl (C=O) groups is 1. The van der Waals surface area contributed by atoms with Crippen molar-refractivity contribution in [1.82, 2.24) is 14.7 Å². The number of likely N-dealkylation sites (tertiary alicyclic amines) is 1. The van der Waals surface area contributed by atoms with E-state index in [1.807, 2.05) is 28.8 Å². The molecule has 2 N–H and O–H groups in total. The average molecular weight is 250 g/mol. The first kappa shape index (κ1) is 13.1. The van der Waals surface area contributed by atoms with Crippen LogP contribution in [-0.4, -0.2) is 39.7 Å². The minimum atomic E-state index is -0.0423. The minimum absolute atomic E-state index is 0.0423. The van der Waals surface area contributed by atoms with Crippen LogP contribution in [0.1, 0.15) is 26.2 Å². The highest BCUT2D eigenvalue weighted by molar-refractivity contribution is 5.76. The quantitative estimate of drug-likeness (QED) is 0.862. The summed E-state index contributed by atoms with van der Waals surface area (Å²) in [6, 6.07) is 1.90. The fraction of sp³-hybridized carbons (Fsp3) is 0.692. The Bertz CT molecular complexity index is 366. The summed E-state index contributed by atoms with van der Waals surface area (Å²) in [5.74, 6) is 0.826. The number of amides is 1. The average Bonchev–Trinajstić information content (AvgIpc) is 2.82. The van der Waals surface area contributed by atoms with Crippen LogP contribution in [0.15, 0.2) is 18.5 Å². The van der Waals surface area contributed by atoms with Crippen molar-refractivity contribution in [3.05, 3.63) is 18.5 Å². The SMILES string of the molecule is CC(N)CC(=O)N1CCC(Cn2cccn2)CC1. The minimum Gasteiger partial charge on any atom is -0.343 e. The van der Waals surface area contributed by atoms with Gasteiger partial charge in [0.1, 0.15) is 0 Å². The molecule has 0 aliphatic carbocycles. The highest BCUT2D eigenvalue weighted by atomic mass is 16.2. The molecule has 1 aliphatic rings. The molecule has 1 aromatic rings. The van der Waals surface area contributed by atoms with Gasteiger partial charge < -0.3 is 10.6 Å². The molecule has 0 saturated carbocycles. The molecule has 0 aromatic carbocycles. The standard InChI is InChI=1S/C13H22N4O/c1-11(14)9-13(18)16-7-3-12(4-8-16)10-17-6-2-5-15-17/h2,5-6,11-12H,3-4,7-10,14H2,1H3. The van der Waals surface area contributed by atoms with Crippen molar-refractivity contribution >= 4 is 5.91 Å². The second-order valence-electron chi connectivity index (χ2n) is 5.23. The molecule has 1 amide bonds. The largest absolute Gasteiger partial charge is 0.343 e. The number of hydrogen-bond donors (Lipinski definition) is 1. The summed E-state index contributed by atoms with van der Waals surface area (Å²) in [5, 5.41) is 4.22. The van der Waals surface area contributed by atoms with Gasteiger partial charge in [-0.15, -0.1) is 0 Å². The Labute approximate surface area is 108 Å². The van der Waals surface area contributed by atoms with E-state index in [2.05, 4.69) is 5.10 Å². The van der Waals surface area contributed by atoms with Crippen molar-refractivity contribution in [3.8, 4) is 0 Å². The van der Waals surface area contributed by atoms with Gasteiger partial charge in [0.2, 0.25) is 5.91 Å². The van der Waals surface area contributed by atoms with Crippen molar-refractivity contribution in [2.75, 3.05) is 13.1 Å². The molecule has 100 valence electrons. The van der Waals surface area contributed by atoms with E-state index in [0.717, 1.165) is 32.5 Å². The second-order valence-corrected chi connectivity index (χ2v) is 5.23. The fourth-order valence-corrected chi connectivity index (χ4v) is 2.44. The lowest BCUT2D eigenvalue weighted by atomic mass is 9.96. The number of hydrogen-bond acceptors (Lipinski definition) is 3. The van der Waals surface area contributed by atoms with Gasteiger partial charge in [-0.05, 0) is 31.7 Å². The molecule has 2 rings (SSSR count). The topological polar surface area (TPSA) is 64.2 Å². The normalized spacial score (nSPS) is 18.9. The van der Waals surface area contributed by atoms with Crippen LogP contribution in [0.5, 0.6) is 0 Å². The molecule has 0 spiro atoms. The first-order valence-corrected chi connectivity index (χ1v) is 6.66. The van der Waals surface area contributed by atoms with Gasteiger partial charge >= 0.3 is 0 Å². The zero-order valence-electron chi connectivity index (χ0n) is 11.0. The van der Waals surface area contributed by atoms with E-state index in [-0.39, 0.29) is 11.9 Å². The summed E-state index contributed by atoms with van der Waals surface area (Å²) < 4.78 is 1.98. The van der Waals surface area contributed by atoms with E-state index in [9.17, 15) is 4.79 Å². The molecule has 0 bridgehead atoms. The van der Waals surface area contributed by atoms with Crippen LogP contribution in [0, 0.1) is 5.92 Å². The number of rotatable bonds is 4. The van der Waals surface area contributed by atoms with Gasteiger partial charge in [0.25, 0.3) is 0 Å². The lowest BCUT2D eigenvalue weighted by Crippen LogP contribution is -2.41. The van der Waals surface area contributed by atoms with E-state index in [1.54, 1.807) is 6.20 Å².